The molecule has 32 heavy (non-hydrogen) atoms. The number of anilines is 2. The van der Waals surface area contributed by atoms with Crippen molar-refractivity contribution in [3.63, 3.8) is 0 Å². The number of nitrogens with zero attached hydrogens (tertiary/aromatic N) is 3. The van der Waals surface area contributed by atoms with Crippen LogP contribution in [0.1, 0.15) is 41.3 Å². The second-order valence-corrected chi connectivity index (χ2v) is 8.55. The van der Waals surface area contributed by atoms with E-state index >= 15 is 0 Å². The lowest BCUT2D eigenvalue weighted by Gasteiger charge is -2.26. The summed E-state index contributed by atoms with van der Waals surface area (Å²) in [6, 6.07) is 3.11. The first-order chi connectivity index (χ1) is 14.9. The normalized spacial score (nSPS) is 18.9. The molecule has 1 amide bonds. The molecule has 0 saturated carbocycles. The summed E-state index contributed by atoms with van der Waals surface area (Å²) >= 11 is 1.34. The molecule has 3 heterocycles. The van der Waals surface area contributed by atoms with Crippen LogP contribution in [0.5, 0.6) is 0 Å². The molecule has 1 saturated heterocycles. The number of halogens is 5. The van der Waals surface area contributed by atoms with Gasteiger partial charge in [0.05, 0.1) is 16.2 Å². The van der Waals surface area contributed by atoms with Gasteiger partial charge in [0.2, 0.25) is 0 Å². The Morgan fingerprint density at radius 1 is 1.28 bits per heavy atom. The molecule has 1 aliphatic rings. The highest BCUT2D eigenvalue weighted by Gasteiger charge is 2.40. The number of amides is 1. The van der Waals surface area contributed by atoms with Gasteiger partial charge in [0, 0.05) is 43.5 Å². The number of thioether (sulfide) groups is 1. The zero-order valence-corrected chi connectivity index (χ0v) is 18.6. The largest absolute Gasteiger partial charge is 0.418 e. The maximum absolute atomic E-state index is 14.2. The third kappa shape index (κ3) is 5.13. The summed E-state index contributed by atoms with van der Waals surface area (Å²) in [6.45, 7) is 2.66. The molecule has 0 bridgehead atoms. The molecule has 2 aromatic rings. The minimum absolute atomic E-state index is 0.0305. The van der Waals surface area contributed by atoms with Gasteiger partial charge in [-0.25, -0.2) is 18.7 Å². The second-order valence-electron chi connectivity index (χ2n) is 7.72. The van der Waals surface area contributed by atoms with Gasteiger partial charge in [-0.15, -0.1) is 11.8 Å². The highest BCUT2D eigenvalue weighted by atomic mass is 32.2. The molecular formula is C21H23F5N4OS. The van der Waals surface area contributed by atoms with Crippen molar-refractivity contribution in [3.05, 3.63) is 41.2 Å². The Morgan fingerprint density at radius 3 is 2.66 bits per heavy atom. The van der Waals surface area contributed by atoms with Gasteiger partial charge in [-0.3, -0.25) is 4.79 Å². The van der Waals surface area contributed by atoms with Crippen LogP contribution in [-0.4, -0.2) is 41.1 Å². The SMILES string of the molecule is CSc1cc(NC(=O)c2c(N3CCC(C)C(F)(F)CC3)ncc(C(F)(F)F)c2C)ccn1. The molecule has 0 aromatic carbocycles. The van der Waals surface area contributed by atoms with Crippen LogP contribution in [0.15, 0.2) is 29.6 Å². The Labute approximate surface area is 186 Å². The smallest absolute Gasteiger partial charge is 0.356 e. The second kappa shape index (κ2) is 9.21. The lowest BCUT2D eigenvalue weighted by atomic mass is 9.99. The van der Waals surface area contributed by atoms with Gasteiger partial charge in [0.25, 0.3) is 11.8 Å². The first kappa shape index (κ1) is 24.2. The van der Waals surface area contributed by atoms with Gasteiger partial charge in [0.15, 0.2) is 0 Å². The number of aromatic nitrogens is 2. The molecule has 0 spiro atoms. The van der Waals surface area contributed by atoms with Crippen molar-refractivity contribution in [3.8, 4) is 0 Å². The number of rotatable bonds is 4. The molecule has 2 aromatic heterocycles. The van der Waals surface area contributed by atoms with Gasteiger partial charge in [-0.05, 0) is 37.3 Å². The number of hydrogen-bond donors (Lipinski definition) is 1. The zero-order chi connectivity index (χ0) is 23.7. The fourth-order valence-electron chi connectivity index (χ4n) is 3.59. The third-order valence-electron chi connectivity index (χ3n) is 5.62. The summed E-state index contributed by atoms with van der Waals surface area (Å²) in [5.41, 5.74) is -1.27. The molecule has 1 atom stereocenters. The van der Waals surface area contributed by atoms with Crippen LogP contribution in [0, 0.1) is 12.8 Å². The summed E-state index contributed by atoms with van der Waals surface area (Å²) < 4.78 is 68.9. The number of nitrogens with one attached hydrogen (secondary N) is 1. The third-order valence-corrected chi connectivity index (χ3v) is 6.26. The molecule has 3 rings (SSSR count). The monoisotopic (exact) mass is 474 g/mol. The molecule has 1 N–H and O–H groups in total. The van der Waals surface area contributed by atoms with E-state index in [0.29, 0.717) is 16.9 Å². The average Bonchev–Trinajstić information content (AvgIpc) is 2.85. The van der Waals surface area contributed by atoms with Gasteiger partial charge in [0.1, 0.15) is 5.82 Å². The van der Waals surface area contributed by atoms with Crippen LogP contribution < -0.4 is 10.2 Å². The topological polar surface area (TPSA) is 58.1 Å². The van der Waals surface area contributed by atoms with Crippen molar-refractivity contribution < 1.29 is 26.7 Å². The van der Waals surface area contributed by atoms with Crippen molar-refractivity contribution in [1.29, 1.82) is 0 Å². The van der Waals surface area contributed by atoms with E-state index in [2.05, 4.69) is 15.3 Å². The molecule has 174 valence electrons. The van der Waals surface area contributed by atoms with E-state index in [1.54, 1.807) is 12.3 Å². The van der Waals surface area contributed by atoms with Gasteiger partial charge in [-0.2, -0.15) is 13.2 Å². The van der Waals surface area contributed by atoms with Crippen LogP contribution in [0.25, 0.3) is 0 Å². The summed E-state index contributed by atoms with van der Waals surface area (Å²) in [5, 5.41) is 3.21. The lowest BCUT2D eigenvalue weighted by Crippen LogP contribution is -2.30. The molecule has 1 aliphatic heterocycles. The Morgan fingerprint density at radius 2 is 2.00 bits per heavy atom. The molecular weight excluding hydrogens is 451 g/mol. The zero-order valence-electron chi connectivity index (χ0n) is 17.8. The summed E-state index contributed by atoms with van der Waals surface area (Å²) in [7, 11) is 0. The average molecular weight is 474 g/mol. The fraction of sp³-hybridized carbons (Fsp3) is 0.476. The van der Waals surface area contributed by atoms with Crippen molar-refractivity contribution in [1.82, 2.24) is 9.97 Å². The van der Waals surface area contributed by atoms with Gasteiger partial charge < -0.3 is 10.2 Å². The number of carbonyl (C=O) groups excluding carboxylic acids is 1. The minimum atomic E-state index is -4.71. The van der Waals surface area contributed by atoms with E-state index in [0.717, 1.165) is 0 Å². The van der Waals surface area contributed by atoms with E-state index in [-0.39, 0.29) is 36.5 Å². The molecule has 11 heteroatoms. The van der Waals surface area contributed by atoms with E-state index in [1.807, 2.05) is 0 Å². The van der Waals surface area contributed by atoms with Crippen LogP contribution >= 0.6 is 11.8 Å². The minimum Gasteiger partial charge on any atom is -0.356 e. The van der Waals surface area contributed by atoms with Crippen molar-refractivity contribution in [2.75, 3.05) is 29.6 Å². The van der Waals surface area contributed by atoms with Crippen molar-refractivity contribution in [2.24, 2.45) is 5.92 Å². The molecule has 1 unspecified atom stereocenters. The predicted octanol–water partition coefficient (Wildman–Crippen LogP) is 5.65. The lowest BCUT2D eigenvalue weighted by molar-refractivity contribution is -0.138. The van der Waals surface area contributed by atoms with Gasteiger partial charge in [-0.1, -0.05) is 6.92 Å². The van der Waals surface area contributed by atoms with E-state index in [9.17, 15) is 26.7 Å². The fourth-order valence-corrected chi connectivity index (χ4v) is 4.01. The summed E-state index contributed by atoms with van der Waals surface area (Å²) in [5.74, 6) is -4.61. The highest BCUT2D eigenvalue weighted by molar-refractivity contribution is 7.98. The summed E-state index contributed by atoms with van der Waals surface area (Å²) in [6.07, 6.45) is -1.14. The predicted molar refractivity (Wildman–Crippen MR) is 114 cm³/mol. The Kier molecular flexibility index (Phi) is 6.97. The number of hydrogen-bond acceptors (Lipinski definition) is 5. The number of carbonyl (C=O) groups is 1. The number of pyridine rings is 2. The van der Waals surface area contributed by atoms with E-state index in [4.69, 9.17) is 0 Å². The first-order valence-electron chi connectivity index (χ1n) is 9.95. The van der Waals surface area contributed by atoms with E-state index in [1.165, 1.54) is 42.8 Å². The van der Waals surface area contributed by atoms with Crippen LogP contribution in [0.3, 0.4) is 0 Å². The maximum atomic E-state index is 14.2. The number of alkyl halides is 5. The standard InChI is InChI=1S/C21H23F5N4OS/c1-12-5-8-30(9-6-20(12,22)23)18-17(13(2)15(11-28-18)21(24,25)26)19(31)29-14-4-7-27-16(10-14)32-3/h4,7,10-12H,5-6,8-9H2,1-3H3,(H,27,29,31). The maximum Gasteiger partial charge on any atom is 0.418 e. The van der Waals surface area contributed by atoms with Gasteiger partial charge >= 0.3 is 6.18 Å². The molecule has 5 nitrogen and oxygen atoms in total. The molecule has 1 fully saturated rings. The molecule has 0 aliphatic carbocycles. The molecule has 0 radical (unpaired) electrons. The van der Waals surface area contributed by atoms with Crippen LogP contribution in [0.2, 0.25) is 0 Å². The van der Waals surface area contributed by atoms with Crippen molar-refractivity contribution in [2.45, 2.75) is 43.8 Å². The highest BCUT2D eigenvalue weighted by Crippen LogP contribution is 2.38. The van der Waals surface area contributed by atoms with E-state index < -0.39 is 35.9 Å². The first-order valence-corrected chi connectivity index (χ1v) is 11.2. The Balaban J connectivity index is 2.04. The van der Waals surface area contributed by atoms with Crippen molar-refractivity contribution >= 4 is 29.2 Å². The quantitative estimate of drug-likeness (QED) is 0.459. The Hall–Kier alpha value is -2.43. The van der Waals surface area contributed by atoms with Crippen LogP contribution in [-0.2, 0) is 6.18 Å². The Bertz CT molecular complexity index is 999. The summed E-state index contributed by atoms with van der Waals surface area (Å²) in [4.78, 5) is 22.6. The van der Waals surface area contributed by atoms with Crippen LogP contribution in [0.4, 0.5) is 33.5 Å².